The normalized spacial score (nSPS) is 13.7. The highest BCUT2D eigenvalue weighted by Gasteiger charge is 2.33. The van der Waals surface area contributed by atoms with Crippen molar-refractivity contribution in [1.29, 1.82) is 0 Å². The Labute approximate surface area is 338 Å². The molecule has 0 unspecified atom stereocenters. The summed E-state index contributed by atoms with van der Waals surface area (Å²) in [5.74, 6) is -1.50. The van der Waals surface area contributed by atoms with Gasteiger partial charge in [0.2, 0.25) is 10.0 Å². The molecule has 1 aliphatic rings. The van der Waals surface area contributed by atoms with Crippen molar-refractivity contribution in [3.05, 3.63) is 125 Å². The minimum absolute atomic E-state index is 0.0108. The maximum absolute atomic E-state index is 14.0. The van der Waals surface area contributed by atoms with Crippen molar-refractivity contribution in [3.8, 4) is 0 Å². The number of benzene rings is 4. The number of carbonyl (C=O) groups excluding carboxylic acids is 4. The van der Waals surface area contributed by atoms with Gasteiger partial charge in [-0.1, -0.05) is 55.5 Å². The number of esters is 2. The van der Waals surface area contributed by atoms with E-state index in [0.29, 0.717) is 54.7 Å². The number of rotatable bonds is 16. The number of nitrogens with one attached hydrogen (secondary N) is 3. The molecule has 58 heavy (non-hydrogen) atoms. The number of amides is 2. The van der Waals surface area contributed by atoms with Crippen LogP contribution >= 0.6 is 0 Å². The number of H-pyrrole nitrogens is 1. The predicted octanol–water partition coefficient (Wildman–Crippen LogP) is 6.67. The molecule has 0 aliphatic carbocycles. The third-order valence-electron chi connectivity index (χ3n) is 10.3. The van der Waals surface area contributed by atoms with Crippen LogP contribution in [0.15, 0.2) is 102 Å². The molecule has 304 valence electrons. The molecular weight excluding hydrogens is 759 g/mol. The molecule has 0 atom stereocenters. The average Bonchev–Trinajstić information content (AvgIpc) is 3.60. The number of sulfonamides is 1. The Morgan fingerprint density at radius 2 is 1.48 bits per heavy atom. The summed E-state index contributed by atoms with van der Waals surface area (Å²) in [7, 11) is -2.61. The molecule has 0 saturated carbocycles. The zero-order chi connectivity index (χ0) is 41.2. The van der Waals surface area contributed by atoms with Gasteiger partial charge in [-0.05, 0) is 98.7 Å². The molecule has 4 aromatic carbocycles. The van der Waals surface area contributed by atoms with Gasteiger partial charge in [-0.15, -0.1) is 0 Å². The van der Waals surface area contributed by atoms with Gasteiger partial charge in [-0.25, -0.2) is 13.2 Å². The number of anilines is 2. The van der Waals surface area contributed by atoms with E-state index >= 15 is 0 Å². The molecule has 0 spiro atoms. The maximum Gasteiger partial charge on any atom is 0.337 e. The van der Waals surface area contributed by atoms with Gasteiger partial charge in [0.05, 0.1) is 36.3 Å². The number of ether oxygens (including phenoxy) is 2. The summed E-state index contributed by atoms with van der Waals surface area (Å²) < 4.78 is 39.2. The van der Waals surface area contributed by atoms with Gasteiger partial charge in [0.1, 0.15) is 5.82 Å². The number of para-hydroxylation sites is 1. The van der Waals surface area contributed by atoms with Crippen molar-refractivity contribution < 1.29 is 37.1 Å². The molecule has 2 heterocycles. The zero-order valence-electron chi connectivity index (χ0n) is 33.0. The number of carbonyl (C=O) groups is 4. The van der Waals surface area contributed by atoms with E-state index in [1.807, 2.05) is 47.4 Å². The number of hydrogen-bond acceptors (Lipinski definition) is 9. The SMILES string of the molecule is CCOC(=O)CN1CCC(N(CC)S(=O)(=O)c2cccc(C(=O)Nc3[nH]c4ccccc4c3C(=O)Nc3ccc(CCCc4ccc(C(=O)OC)cc4)cc3)c2)CC1. The lowest BCUT2D eigenvalue weighted by molar-refractivity contribution is -0.144. The van der Waals surface area contributed by atoms with Gasteiger partial charge in [0.25, 0.3) is 11.8 Å². The van der Waals surface area contributed by atoms with Gasteiger partial charge in [0.15, 0.2) is 0 Å². The van der Waals surface area contributed by atoms with Crippen LogP contribution in [0, 0.1) is 0 Å². The van der Waals surface area contributed by atoms with E-state index < -0.39 is 21.8 Å². The largest absolute Gasteiger partial charge is 0.465 e. The Bertz CT molecular complexity index is 2350. The number of nitrogens with zero attached hydrogens (tertiary/aromatic N) is 2. The first-order chi connectivity index (χ1) is 28.0. The molecule has 6 rings (SSSR count). The van der Waals surface area contributed by atoms with Gasteiger partial charge in [-0.3, -0.25) is 19.3 Å². The molecule has 0 bridgehead atoms. The molecule has 1 saturated heterocycles. The Morgan fingerprint density at radius 1 is 0.810 bits per heavy atom. The van der Waals surface area contributed by atoms with Gasteiger partial charge < -0.3 is 25.1 Å². The van der Waals surface area contributed by atoms with Crippen LogP contribution in [0.25, 0.3) is 10.9 Å². The second-order valence-electron chi connectivity index (χ2n) is 14.1. The monoisotopic (exact) mass is 807 g/mol. The number of likely N-dealkylation sites (tertiary alicyclic amines) is 1. The highest BCUT2D eigenvalue weighted by molar-refractivity contribution is 7.89. The molecule has 1 aromatic heterocycles. The second kappa shape index (κ2) is 19.1. The summed E-state index contributed by atoms with van der Waals surface area (Å²) >= 11 is 0. The van der Waals surface area contributed by atoms with Crippen LogP contribution in [0.3, 0.4) is 0 Å². The first kappa shape index (κ1) is 41.8. The lowest BCUT2D eigenvalue weighted by Crippen LogP contribution is -2.48. The van der Waals surface area contributed by atoms with Crippen LogP contribution in [0.4, 0.5) is 11.5 Å². The van der Waals surface area contributed by atoms with Gasteiger partial charge in [0, 0.05) is 47.8 Å². The van der Waals surface area contributed by atoms with Gasteiger partial charge in [-0.2, -0.15) is 4.31 Å². The minimum atomic E-state index is -3.97. The first-order valence-corrected chi connectivity index (χ1v) is 20.9. The molecular formula is C44H49N5O8S. The molecule has 5 aromatic rings. The van der Waals surface area contributed by atoms with E-state index in [1.54, 1.807) is 44.2 Å². The van der Waals surface area contributed by atoms with Crippen molar-refractivity contribution in [3.63, 3.8) is 0 Å². The van der Waals surface area contributed by atoms with Crippen molar-refractivity contribution in [2.75, 3.05) is 50.5 Å². The smallest absolute Gasteiger partial charge is 0.337 e. The number of aromatic nitrogens is 1. The molecule has 1 aliphatic heterocycles. The molecule has 13 nitrogen and oxygen atoms in total. The third-order valence-corrected chi connectivity index (χ3v) is 12.3. The fourth-order valence-corrected chi connectivity index (χ4v) is 9.08. The van der Waals surface area contributed by atoms with E-state index in [1.165, 1.54) is 35.7 Å². The molecule has 3 N–H and O–H groups in total. The Balaban J connectivity index is 1.10. The fraction of sp³-hybridized carbons (Fsp3) is 0.318. The van der Waals surface area contributed by atoms with Crippen LogP contribution in [0.2, 0.25) is 0 Å². The summed E-state index contributed by atoms with van der Waals surface area (Å²) in [5, 5.41) is 6.39. The molecule has 0 radical (unpaired) electrons. The highest BCUT2D eigenvalue weighted by Crippen LogP contribution is 2.29. The standard InChI is InChI=1S/C44H49N5O8S/c1-4-49(35-24-26-48(27-25-35)29-39(50)57-5-2)58(54,55)36-13-9-12-33(28-36)42(51)47-41-40(37-14-6-7-15-38(37)46-41)43(52)45-34-22-18-31(19-23-34)11-8-10-30-16-20-32(21-17-30)44(53)56-3/h6-7,9,12-23,28,35,46H,4-5,8,10-11,24-27,29H2,1-3H3,(H,45,52)(H,47,51). The van der Waals surface area contributed by atoms with Crippen LogP contribution < -0.4 is 10.6 Å². The fourth-order valence-electron chi connectivity index (χ4n) is 7.34. The van der Waals surface area contributed by atoms with Crippen molar-refractivity contribution in [1.82, 2.24) is 14.2 Å². The van der Waals surface area contributed by atoms with Crippen LogP contribution in [0.5, 0.6) is 0 Å². The van der Waals surface area contributed by atoms with Gasteiger partial charge >= 0.3 is 11.9 Å². The van der Waals surface area contributed by atoms with Crippen LogP contribution in [-0.2, 0) is 37.1 Å². The quantitative estimate of drug-likeness (QED) is 0.0923. The second-order valence-corrected chi connectivity index (χ2v) is 16.0. The minimum Gasteiger partial charge on any atom is -0.465 e. The first-order valence-electron chi connectivity index (χ1n) is 19.5. The molecule has 2 amide bonds. The summed E-state index contributed by atoms with van der Waals surface area (Å²) in [4.78, 5) is 56.4. The zero-order valence-corrected chi connectivity index (χ0v) is 33.8. The number of methoxy groups -OCH3 is 1. The van der Waals surface area contributed by atoms with E-state index in [9.17, 15) is 27.6 Å². The lowest BCUT2D eigenvalue weighted by Gasteiger charge is -2.37. The average molecular weight is 808 g/mol. The molecule has 14 heteroatoms. The number of piperidine rings is 1. The predicted molar refractivity (Wildman–Crippen MR) is 223 cm³/mol. The number of fused-ring (bicyclic) bond motifs is 1. The Morgan fingerprint density at radius 3 is 2.14 bits per heavy atom. The van der Waals surface area contributed by atoms with E-state index in [2.05, 4.69) is 15.6 Å². The summed E-state index contributed by atoms with van der Waals surface area (Å²) in [5.41, 5.74) is 4.31. The van der Waals surface area contributed by atoms with E-state index in [-0.39, 0.29) is 52.9 Å². The number of aromatic amines is 1. The third kappa shape index (κ3) is 9.99. The van der Waals surface area contributed by atoms with E-state index in [0.717, 1.165) is 30.4 Å². The number of aryl methyl sites for hydroxylation is 2. The number of hydrogen-bond donors (Lipinski definition) is 3. The summed E-state index contributed by atoms with van der Waals surface area (Å²) in [6.45, 7) is 5.39. The summed E-state index contributed by atoms with van der Waals surface area (Å²) in [6.07, 6.45) is 3.67. The summed E-state index contributed by atoms with van der Waals surface area (Å²) in [6, 6.07) is 27.8. The Hall–Kier alpha value is -5.83. The van der Waals surface area contributed by atoms with Crippen LogP contribution in [0.1, 0.15) is 75.3 Å². The van der Waals surface area contributed by atoms with E-state index in [4.69, 9.17) is 9.47 Å². The van der Waals surface area contributed by atoms with Crippen LogP contribution in [-0.4, -0.2) is 92.3 Å². The highest BCUT2D eigenvalue weighted by atomic mass is 32.2. The van der Waals surface area contributed by atoms with Crippen molar-refractivity contribution in [2.24, 2.45) is 0 Å². The van der Waals surface area contributed by atoms with Crippen molar-refractivity contribution >= 4 is 56.2 Å². The molecule has 1 fully saturated rings. The lowest BCUT2D eigenvalue weighted by atomic mass is 10.0. The van der Waals surface area contributed by atoms with Crippen molar-refractivity contribution in [2.45, 2.75) is 56.9 Å². The topological polar surface area (TPSA) is 167 Å². The maximum atomic E-state index is 14.0. The Kier molecular flexibility index (Phi) is 13.7.